The van der Waals surface area contributed by atoms with Crippen molar-refractivity contribution in [3.63, 3.8) is 0 Å². The van der Waals surface area contributed by atoms with Crippen molar-refractivity contribution in [1.29, 1.82) is 0 Å². The number of halogens is 3. The van der Waals surface area contributed by atoms with Crippen LogP contribution in [-0.2, 0) is 23.9 Å². The number of amides is 3. The highest BCUT2D eigenvalue weighted by Gasteiger charge is 2.69. The Bertz CT molecular complexity index is 818. The van der Waals surface area contributed by atoms with Crippen molar-refractivity contribution in [2.45, 2.75) is 64.6 Å². The van der Waals surface area contributed by atoms with Crippen LogP contribution in [0.25, 0.3) is 0 Å². The smallest absolute Gasteiger partial charge is 0.383 e. The van der Waals surface area contributed by atoms with Gasteiger partial charge in [0.15, 0.2) is 5.78 Å². The number of ether oxygens (including phenoxy) is 1. The summed E-state index contributed by atoms with van der Waals surface area (Å²) in [4.78, 5) is 51.7. The van der Waals surface area contributed by atoms with Crippen LogP contribution in [0.3, 0.4) is 0 Å². The predicted octanol–water partition coefficient (Wildman–Crippen LogP) is 0.357. The number of likely N-dealkylation sites (tertiary alicyclic amines) is 1. The number of alkyl halides is 3. The fraction of sp³-hybridized carbons (Fsp3) is 0.810. The molecular weight excluding hydrogens is 447 g/mol. The van der Waals surface area contributed by atoms with Gasteiger partial charge in [0.05, 0.1) is 6.04 Å². The Morgan fingerprint density at radius 1 is 1.33 bits per heavy atom. The lowest BCUT2D eigenvalue weighted by Crippen LogP contribution is -2.56. The van der Waals surface area contributed by atoms with Crippen molar-refractivity contribution in [3.05, 3.63) is 0 Å². The first kappa shape index (κ1) is 25.4. The summed E-state index contributed by atoms with van der Waals surface area (Å²) in [7, 11) is 0. The largest absolute Gasteiger partial charge is 0.522 e. The molecule has 3 rings (SSSR count). The van der Waals surface area contributed by atoms with Crippen LogP contribution in [0.1, 0.15) is 40.0 Å². The van der Waals surface area contributed by atoms with Crippen molar-refractivity contribution in [3.8, 4) is 0 Å². The minimum absolute atomic E-state index is 0.0320. The van der Waals surface area contributed by atoms with Crippen LogP contribution in [-0.4, -0.2) is 77.8 Å². The van der Waals surface area contributed by atoms with Gasteiger partial charge in [-0.05, 0) is 36.5 Å². The molecule has 2 aliphatic heterocycles. The van der Waals surface area contributed by atoms with Gasteiger partial charge in [0.25, 0.3) is 5.91 Å². The average molecular weight is 477 g/mol. The number of aliphatic hydroxyl groups is 1. The Kier molecular flexibility index (Phi) is 7.09. The molecule has 6 atom stereocenters. The van der Waals surface area contributed by atoms with Gasteiger partial charge in [0.2, 0.25) is 11.8 Å². The number of nitrogens with one attached hydrogen (secondary N) is 2. The van der Waals surface area contributed by atoms with Gasteiger partial charge in [0.1, 0.15) is 18.8 Å². The summed E-state index contributed by atoms with van der Waals surface area (Å²) in [5.41, 5.74) is -0.236. The minimum Gasteiger partial charge on any atom is -0.383 e. The molecule has 3 aliphatic rings. The third-order valence-corrected chi connectivity index (χ3v) is 7.20. The molecular formula is C21H30F3N3O6. The van der Waals surface area contributed by atoms with Crippen LogP contribution >= 0.6 is 0 Å². The number of hydrogen-bond acceptors (Lipinski definition) is 6. The quantitative estimate of drug-likeness (QED) is 0.440. The van der Waals surface area contributed by atoms with Gasteiger partial charge in [-0.15, -0.1) is 13.2 Å². The molecule has 2 heterocycles. The van der Waals surface area contributed by atoms with Crippen LogP contribution in [0.4, 0.5) is 13.2 Å². The minimum atomic E-state index is -5.02. The number of piperidine rings is 1. The molecule has 3 fully saturated rings. The molecule has 1 saturated carbocycles. The van der Waals surface area contributed by atoms with E-state index < -0.39 is 54.7 Å². The van der Waals surface area contributed by atoms with E-state index in [0.29, 0.717) is 13.0 Å². The third-order valence-electron chi connectivity index (χ3n) is 7.20. The number of Topliss-reactive ketones (excluding diaryl/α,β-unsaturated/α-hetero) is 1. The standard InChI is InChI=1S/C21H30F3N3O6/c1-4-13(28)19(32)27-8-11-15(20(11,2)3)16(27)18(31)26-12(7-10-5-6-25-17(10)30)14(29)9-33-21(22,23)24/h10-13,15-16,28H,4-9H2,1-3H3,(H,25,30)(H,26,31)/t10-,11-,12-,13-,15-,16-/m0/s1. The first-order chi connectivity index (χ1) is 15.3. The lowest BCUT2D eigenvalue weighted by atomic mass is 9.94. The number of aliphatic hydroxyl groups excluding tert-OH is 1. The van der Waals surface area contributed by atoms with Crippen LogP contribution in [0.5, 0.6) is 0 Å². The molecule has 186 valence electrons. The Balaban J connectivity index is 1.77. The Labute approximate surface area is 189 Å². The van der Waals surface area contributed by atoms with E-state index in [0.717, 1.165) is 0 Å². The Morgan fingerprint density at radius 3 is 2.55 bits per heavy atom. The van der Waals surface area contributed by atoms with Gasteiger partial charge in [0, 0.05) is 19.0 Å². The first-order valence-electron chi connectivity index (χ1n) is 11.1. The molecule has 9 nitrogen and oxygen atoms in total. The molecule has 2 saturated heterocycles. The topological polar surface area (TPSA) is 125 Å². The molecule has 0 aromatic rings. The van der Waals surface area contributed by atoms with Gasteiger partial charge in [-0.1, -0.05) is 20.8 Å². The highest BCUT2D eigenvalue weighted by Crippen LogP contribution is 2.64. The number of rotatable bonds is 9. The Hall–Kier alpha value is -2.21. The van der Waals surface area contributed by atoms with E-state index in [1.54, 1.807) is 6.92 Å². The first-order valence-corrected chi connectivity index (χ1v) is 11.1. The number of nitrogens with zero attached hydrogens (tertiary/aromatic N) is 1. The average Bonchev–Trinajstić information content (AvgIpc) is 3.11. The SMILES string of the molecule is CC[C@H](O)C(=O)N1C[C@H]2[C@@H]([C@H]1C(=O)N[C@@H](C[C@@H]1CCNC1=O)C(=O)COC(F)(F)F)C2(C)C. The molecule has 0 unspecified atom stereocenters. The number of carbonyl (C=O) groups excluding carboxylic acids is 4. The van der Waals surface area contributed by atoms with E-state index in [1.807, 2.05) is 13.8 Å². The summed E-state index contributed by atoms with van der Waals surface area (Å²) < 4.78 is 41.0. The molecule has 0 spiro atoms. The van der Waals surface area contributed by atoms with Gasteiger partial charge in [-0.25, -0.2) is 0 Å². The summed E-state index contributed by atoms with van der Waals surface area (Å²) in [6, 6.07) is -2.35. The van der Waals surface area contributed by atoms with E-state index in [2.05, 4.69) is 15.4 Å². The molecule has 0 aromatic carbocycles. The lowest BCUT2D eigenvalue weighted by Gasteiger charge is -2.32. The van der Waals surface area contributed by atoms with Gasteiger partial charge in [-0.3, -0.25) is 23.9 Å². The summed E-state index contributed by atoms with van der Waals surface area (Å²) >= 11 is 0. The summed E-state index contributed by atoms with van der Waals surface area (Å²) in [6.45, 7) is 4.86. The molecule has 3 N–H and O–H groups in total. The normalized spacial score (nSPS) is 29.8. The summed E-state index contributed by atoms with van der Waals surface area (Å²) in [5.74, 6) is -3.46. The molecule has 3 amide bonds. The lowest BCUT2D eigenvalue weighted by molar-refractivity contribution is -0.321. The van der Waals surface area contributed by atoms with E-state index in [-0.39, 0.29) is 42.5 Å². The fourth-order valence-electron chi connectivity index (χ4n) is 5.12. The molecule has 0 bridgehead atoms. The Morgan fingerprint density at radius 2 is 2.00 bits per heavy atom. The van der Waals surface area contributed by atoms with Gasteiger partial charge >= 0.3 is 6.36 Å². The van der Waals surface area contributed by atoms with Crippen LogP contribution in [0.15, 0.2) is 0 Å². The molecule has 33 heavy (non-hydrogen) atoms. The maximum Gasteiger partial charge on any atom is 0.522 e. The van der Waals surface area contributed by atoms with E-state index in [4.69, 9.17) is 0 Å². The second-order valence-corrected chi connectivity index (χ2v) is 9.59. The van der Waals surface area contributed by atoms with Gasteiger partial charge < -0.3 is 20.6 Å². The maximum absolute atomic E-state index is 13.3. The zero-order valence-corrected chi connectivity index (χ0v) is 18.8. The van der Waals surface area contributed by atoms with Crippen molar-refractivity contribution in [1.82, 2.24) is 15.5 Å². The second-order valence-electron chi connectivity index (χ2n) is 9.59. The highest BCUT2D eigenvalue weighted by molar-refractivity contribution is 5.95. The van der Waals surface area contributed by atoms with E-state index >= 15 is 0 Å². The predicted molar refractivity (Wildman–Crippen MR) is 107 cm³/mol. The number of fused-ring (bicyclic) bond motifs is 1. The van der Waals surface area contributed by atoms with Crippen LogP contribution < -0.4 is 10.6 Å². The van der Waals surface area contributed by atoms with Crippen LogP contribution in [0, 0.1) is 23.2 Å². The van der Waals surface area contributed by atoms with Gasteiger partial charge in [-0.2, -0.15) is 0 Å². The molecule has 0 radical (unpaired) electrons. The third kappa shape index (κ3) is 5.32. The molecule has 1 aliphatic carbocycles. The second kappa shape index (κ2) is 9.21. The zero-order valence-electron chi connectivity index (χ0n) is 18.8. The monoisotopic (exact) mass is 477 g/mol. The van der Waals surface area contributed by atoms with E-state index in [1.165, 1.54) is 4.90 Å². The number of ketones is 1. The fourth-order valence-corrected chi connectivity index (χ4v) is 5.12. The highest BCUT2D eigenvalue weighted by atomic mass is 19.4. The van der Waals surface area contributed by atoms with Crippen molar-refractivity contribution >= 4 is 23.5 Å². The van der Waals surface area contributed by atoms with E-state index in [9.17, 15) is 37.5 Å². The molecule has 12 heteroatoms. The van der Waals surface area contributed by atoms with Crippen molar-refractivity contribution in [2.75, 3.05) is 19.7 Å². The summed E-state index contributed by atoms with van der Waals surface area (Å²) in [6.07, 6.45) is -5.93. The maximum atomic E-state index is 13.3. The number of hydrogen-bond donors (Lipinski definition) is 3. The zero-order chi connectivity index (χ0) is 24.7. The number of carbonyl (C=O) groups is 4. The van der Waals surface area contributed by atoms with Crippen molar-refractivity contribution < 1.29 is 42.2 Å². The summed E-state index contributed by atoms with van der Waals surface area (Å²) in [5, 5.41) is 15.1. The molecule has 0 aromatic heterocycles. The van der Waals surface area contributed by atoms with Crippen LogP contribution in [0.2, 0.25) is 0 Å². The van der Waals surface area contributed by atoms with Crippen molar-refractivity contribution in [2.24, 2.45) is 23.2 Å².